The fourth-order valence-electron chi connectivity index (χ4n) is 2.85. The Morgan fingerprint density at radius 2 is 2.09 bits per heavy atom. The molecule has 22 heavy (non-hydrogen) atoms. The number of ether oxygens (including phenoxy) is 1. The molecule has 0 unspecified atom stereocenters. The van der Waals surface area contributed by atoms with Gasteiger partial charge in [-0.2, -0.15) is 0 Å². The number of rotatable bonds is 4. The largest absolute Gasteiger partial charge is 0.490 e. The first-order valence-electron chi connectivity index (χ1n) is 6.95. The Balaban J connectivity index is 1.89. The molecule has 0 bridgehead atoms. The Hall–Kier alpha value is -2.60. The topological polar surface area (TPSA) is 84.6 Å². The zero-order valence-electron chi connectivity index (χ0n) is 12.0. The third-order valence-electron chi connectivity index (χ3n) is 3.90. The molecule has 0 radical (unpaired) electrons. The van der Waals surface area contributed by atoms with Gasteiger partial charge in [0.2, 0.25) is 0 Å². The van der Waals surface area contributed by atoms with Gasteiger partial charge >= 0.3 is 5.69 Å². The van der Waals surface area contributed by atoms with Crippen LogP contribution in [-0.2, 0) is 6.42 Å². The molecule has 0 aromatic heterocycles. The van der Waals surface area contributed by atoms with Crippen LogP contribution in [-0.4, -0.2) is 23.2 Å². The summed E-state index contributed by atoms with van der Waals surface area (Å²) in [4.78, 5) is 10.4. The van der Waals surface area contributed by atoms with Gasteiger partial charge in [0.15, 0.2) is 5.75 Å². The monoisotopic (exact) mass is 300 g/mol. The van der Waals surface area contributed by atoms with Gasteiger partial charge in [0.25, 0.3) is 0 Å². The number of nitrogens with zero attached hydrogens (tertiary/aromatic N) is 1. The summed E-state index contributed by atoms with van der Waals surface area (Å²) in [5.74, 6) is 0.191. The molecule has 0 spiro atoms. The summed E-state index contributed by atoms with van der Waals surface area (Å²) < 4.78 is 5.06. The van der Waals surface area contributed by atoms with E-state index in [9.17, 15) is 15.2 Å². The van der Waals surface area contributed by atoms with E-state index in [1.54, 1.807) is 12.1 Å². The van der Waals surface area contributed by atoms with Crippen LogP contribution in [0.5, 0.6) is 5.75 Å². The van der Waals surface area contributed by atoms with E-state index >= 15 is 0 Å². The van der Waals surface area contributed by atoms with Crippen LogP contribution in [0.4, 0.5) is 11.4 Å². The highest BCUT2D eigenvalue weighted by atomic mass is 16.6. The summed E-state index contributed by atoms with van der Waals surface area (Å²) in [6, 6.07) is 12.2. The van der Waals surface area contributed by atoms with Crippen LogP contribution in [0.25, 0.3) is 0 Å². The molecule has 0 saturated carbocycles. The van der Waals surface area contributed by atoms with E-state index in [0.717, 1.165) is 11.1 Å². The van der Waals surface area contributed by atoms with E-state index in [2.05, 4.69) is 5.32 Å². The molecule has 114 valence electrons. The van der Waals surface area contributed by atoms with Gasteiger partial charge in [-0.05, 0) is 17.2 Å². The number of anilines is 1. The molecule has 1 aliphatic rings. The molecule has 0 fully saturated rings. The maximum atomic E-state index is 10.9. The third-order valence-corrected chi connectivity index (χ3v) is 3.90. The van der Waals surface area contributed by atoms with Crippen molar-refractivity contribution in [2.24, 2.45) is 0 Å². The Labute approximate surface area is 127 Å². The van der Waals surface area contributed by atoms with Crippen LogP contribution in [0, 0.1) is 10.1 Å². The summed E-state index contributed by atoms with van der Waals surface area (Å²) in [5, 5.41) is 24.4. The summed E-state index contributed by atoms with van der Waals surface area (Å²) in [5.41, 5.74) is 2.75. The number of hydrogen-bond donors (Lipinski definition) is 2. The molecule has 3 rings (SSSR count). The second-order valence-electron chi connectivity index (χ2n) is 5.24. The molecule has 2 atom stereocenters. The van der Waals surface area contributed by atoms with Crippen LogP contribution in [0.1, 0.15) is 17.2 Å². The molecule has 0 heterocycles. The lowest BCUT2D eigenvalue weighted by Crippen LogP contribution is -2.21. The number of aliphatic hydroxyl groups excluding tert-OH is 1. The van der Waals surface area contributed by atoms with Crippen molar-refractivity contribution in [1.82, 2.24) is 0 Å². The second kappa shape index (κ2) is 5.65. The second-order valence-corrected chi connectivity index (χ2v) is 5.24. The molecule has 0 saturated heterocycles. The number of hydrogen-bond acceptors (Lipinski definition) is 5. The first kappa shape index (κ1) is 14.3. The Kier molecular flexibility index (Phi) is 3.68. The van der Waals surface area contributed by atoms with Gasteiger partial charge in [-0.15, -0.1) is 0 Å². The van der Waals surface area contributed by atoms with Crippen molar-refractivity contribution in [1.29, 1.82) is 0 Å². The quantitative estimate of drug-likeness (QED) is 0.670. The molecule has 6 heteroatoms. The molecule has 0 amide bonds. The standard InChI is InChI=1S/C16H16N2O4/c1-22-15-9-11(6-7-13(15)18(20)21)17-16-12-5-3-2-4-10(12)8-14(16)19/h2-7,9,14,16-17,19H,8H2,1H3/t14-,16+/m1/s1. The lowest BCUT2D eigenvalue weighted by Gasteiger charge is -2.19. The molecule has 2 aromatic rings. The number of benzene rings is 2. The minimum Gasteiger partial charge on any atom is -0.490 e. The van der Waals surface area contributed by atoms with Crippen LogP contribution in [0.15, 0.2) is 42.5 Å². The van der Waals surface area contributed by atoms with Gasteiger partial charge in [-0.25, -0.2) is 0 Å². The third kappa shape index (κ3) is 2.48. The van der Waals surface area contributed by atoms with Crippen molar-refractivity contribution < 1.29 is 14.8 Å². The SMILES string of the molecule is COc1cc(N[C@H]2c3ccccc3C[C@H]2O)ccc1[N+](=O)[O-]. The van der Waals surface area contributed by atoms with Crippen molar-refractivity contribution in [2.45, 2.75) is 18.6 Å². The smallest absolute Gasteiger partial charge is 0.311 e. The van der Waals surface area contributed by atoms with E-state index in [0.29, 0.717) is 12.1 Å². The molecular formula is C16H16N2O4. The average molecular weight is 300 g/mol. The fraction of sp³-hybridized carbons (Fsp3) is 0.250. The van der Waals surface area contributed by atoms with Crippen LogP contribution >= 0.6 is 0 Å². The lowest BCUT2D eigenvalue weighted by atomic mass is 10.1. The van der Waals surface area contributed by atoms with Crippen molar-refractivity contribution in [2.75, 3.05) is 12.4 Å². The van der Waals surface area contributed by atoms with Crippen LogP contribution in [0.2, 0.25) is 0 Å². The number of methoxy groups -OCH3 is 1. The molecular weight excluding hydrogens is 284 g/mol. The minimum absolute atomic E-state index is 0.0829. The predicted octanol–water partition coefficient (Wildman–Crippen LogP) is 2.67. The van der Waals surface area contributed by atoms with E-state index in [1.165, 1.54) is 13.2 Å². The first-order valence-corrected chi connectivity index (χ1v) is 6.95. The Morgan fingerprint density at radius 3 is 2.82 bits per heavy atom. The highest BCUT2D eigenvalue weighted by molar-refractivity contribution is 5.59. The van der Waals surface area contributed by atoms with Gasteiger partial charge in [0, 0.05) is 24.2 Å². The normalized spacial score (nSPS) is 19.5. The van der Waals surface area contributed by atoms with Gasteiger partial charge in [-0.1, -0.05) is 24.3 Å². The summed E-state index contributed by atoms with van der Waals surface area (Å²) in [7, 11) is 1.39. The number of aliphatic hydroxyl groups is 1. The lowest BCUT2D eigenvalue weighted by molar-refractivity contribution is -0.385. The highest BCUT2D eigenvalue weighted by Gasteiger charge is 2.30. The minimum atomic E-state index is -0.529. The van der Waals surface area contributed by atoms with Crippen molar-refractivity contribution in [3.05, 3.63) is 63.7 Å². The zero-order chi connectivity index (χ0) is 15.7. The highest BCUT2D eigenvalue weighted by Crippen LogP contribution is 2.36. The average Bonchev–Trinajstić information content (AvgIpc) is 2.83. The molecule has 6 nitrogen and oxygen atoms in total. The van der Waals surface area contributed by atoms with Gasteiger partial charge < -0.3 is 15.2 Å². The molecule has 2 N–H and O–H groups in total. The number of fused-ring (bicyclic) bond motifs is 1. The van der Waals surface area contributed by atoms with Crippen molar-refractivity contribution in [3.63, 3.8) is 0 Å². The fourth-order valence-corrected chi connectivity index (χ4v) is 2.85. The maximum Gasteiger partial charge on any atom is 0.311 e. The summed E-state index contributed by atoms with van der Waals surface area (Å²) in [6.45, 7) is 0. The van der Waals surface area contributed by atoms with E-state index < -0.39 is 11.0 Å². The predicted molar refractivity (Wildman–Crippen MR) is 82.2 cm³/mol. The van der Waals surface area contributed by atoms with E-state index in [4.69, 9.17) is 4.74 Å². The Morgan fingerprint density at radius 1 is 1.32 bits per heavy atom. The molecule has 2 aromatic carbocycles. The van der Waals surface area contributed by atoms with Gasteiger partial charge in [0.1, 0.15) is 0 Å². The van der Waals surface area contributed by atoms with Crippen LogP contribution in [0.3, 0.4) is 0 Å². The maximum absolute atomic E-state index is 10.9. The summed E-state index contributed by atoms with van der Waals surface area (Å²) >= 11 is 0. The van der Waals surface area contributed by atoms with Crippen molar-refractivity contribution >= 4 is 11.4 Å². The van der Waals surface area contributed by atoms with Crippen molar-refractivity contribution in [3.8, 4) is 5.75 Å². The Bertz CT molecular complexity index is 717. The number of nitrogens with one attached hydrogen (secondary N) is 1. The van der Waals surface area contributed by atoms with Gasteiger partial charge in [-0.3, -0.25) is 10.1 Å². The first-order chi connectivity index (χ1) is 10.6. The number of nitro benzene ring substituents is 1. The summed E-state index contributed by atoms with van der Waals surface area (Å²) in [6.07, 6.45) is 0.0661. The van der Waals surface area contributed by atoms with Gasteiger partial charge in [0.05, 0.1) is 24.2 Å². The zero-order valence-corrected chi connectivity index (χ0v) is 12.0. The van der Waals surface area contributed by atoms with E-state index in [-0.39, 0.29) is 17.5 Å². The number of nitro groups is 1. The van der Waals surface area contributed by atoms with Crippen LogP contribution < -0.4 is 10.1 Å². The molecule has 1 aliphatic carbocycles. The molecule has 0 aliphatic heterocycles. The van der Waals surface area contributed by atoms with E-state index in [1.807, 2.05) is 24.3 Å².